The molecule has 0 bridgehead atoms. The molecule has 1 aromatic rings. The zero-order chi connectivity index (χ0) is 12.9. The summed E-state index contributed by atoms with van der Waals surface area (Å²) in [6, 6.07) is 0.556. The fourth-order valence-corrected chi connectivity index (χ4v) is 2.86. The maximum absolute atomic E-state index is 4.57. The second-order valence-corrected chi connectivity index (χ2v) is 6.95. The van der Waals surface area contributed by atoms with Gasteiger partial charge in [0.2, 0.25) is 0 Å². The van der Waals surface area contributed by atoms with E-state index in [0.717, 1.165) is 18.7 Å². The van der Waals surface area contributed by atoms with Crippen molar-refractivity contribution in [3.05, 3.63) is 16.1 Å². The van der Waals surface area contributed by atoms with E-state index in [9.17, 15) is 0 Å². The Morgan fingerprint density at radius 2 is 2.12 bits per heavy atom. The Labute approximate surface area is 110 Å². The van der Waals surface area contributed by atoms with Crippen LogP contribution in [0.4, 0.5) is 0 Å². The quantitative estimate of drug-likeness (QED) is 0.835. The van der Waals surface area contributed by atoms with E-state index in [-0.39, 0.29) is 0 Å². The summed E-state index contributed by atoms with van der Waals surface area (Å²) < 4.78 is 0. The SMILES string of the molecule is CCCNC(Cc1nc(C)cs1)CC(C)(C)C. The molecule has 1 atom stereocenters. The van der Waals surface area contributed by atoms with E-state index in [2.05, 4.69) is 50.3 Å². The highest BCUT2D eigenvalue weighted by Crippen LogP contribution is 2.23. The van der Waals surface area contributed by atoms with Crippen LogP contribution in [0.5, 0.6) is 0 Å². The first-order valence-electron chi connectivity index (χ1n) is 6.55. The van der Waals surface area contributed by atoms with Crippen LogP contribution in [0.2, 0.25) is 0 Å². The van der Waals surface area contributed by atoms with Crippen molar-refractivity contribution in [2.24, 2.45) is 5.41 Å². The number of nitrogens with zero attached hydrogens (tertiary/aromatic N) is 1. The summed E-state index contributed by atoms with van der Waals surface area (Å²) >= 11 is 1.79. The predicted molar refractivity (Wildman–Crippen MR) is 76.7 cm³/mol. The zero-order valence-electron chi connectivity index (χ0n) is 11.8. The normalized spacial score (nSPS) is 13.9. The molecule has 98 valence electrons. The first-order valence-corrected chi connectivity index (χ1v) is 7.43. The molecular formula is C14H26N2S. The topological polar surface area (TPSA) is 24.9 Å². The van der Waals surface area contributed by atoms with E-state index < -0.39 is 0 Å². The van der Waals surface area contributed by atoms with Crippen molar-refractivity contribution in [1.82, 2.24) is 10.3 Å². The van der Waals surface area contributed by atoms with Gasteiger partial charge in [0.1, 0.15) is 0 Å². The maximum atomic E-state index is 4.57. The molecule has 0 aliphatic rings. The van der Waals surface area contributed by atoms with E-state index in [4.69, 9.17) is 0 Å². The number of thiazole rings is 1. The van der Waals surface area contributed by atoms with Crippen molar-refractivity contribution in [1.29, 1.82) is 0 Å². The molecule has 0 fully saturated rings. The molecule has 1 N–H and O–H groups in total. The Kier molecular flexibility index (Phi) is 5.60. The molecule has 17 heavy (non-hydrogen) atoms. The minimum atomic E-state index is 0.373. The smallest absolute Gasteiger partial charge is 0.0943 e. The zero-order valence-corrected chi connectivity index (χ0v) is 12.7. The lowest BCUT2D eigenvalue weighted by Gasteiger charge is -2.26. The average molecular weight is 254 g/mol. The first-order chi connectivity index (χ1) is 7.90. The molecule has 0 saturated carbocycles. The van der Waals surface area contributed by atoms with Crippen LogP contribution in [-0.4, -0.2) is 17.6 Å². The van der Waals surface area contributed by atoms with E-state index in [0.29, 0.717) is 11.5 Å². The van der Waals surface area contributed by atoms with Crippen LogP contribution in [0.15, 0.2) is 5.38 Å². The Balaban J connectivity index is 2.56. The second kappa shape index (κ2) is 6.50. The van der Waals surface area contributed by atoms with Crippen molar-refractivity contribution in [2.45, 2.75) is 59.9 Å². The molecule has 0 radical (unpaired) electrons. The summed E-state index contributed by atoms with van der Waals surface area (Å²) in [5, 5.41) is 7.06. The fraction of sp³-hybridized carbons (Fsp3) is 0.786. The van der Waals surface area contributed by atoms with Gasteiger partial charge in [0, 0.05) is 23.5 Å². The Morgan fingerprint density at radius 3 is 2.59 bits per heavy atom. The van der Waals surface area contributed by atoms with Crippen molar-refractivity contribution >= 4 is 11.3 Å². The summed E-state index contributed by atoms with van der Waals surface area (Å²) in [6.45, 7) is 12.3. The van der Waals surface area contributed by atoms with E-state index >= 15 is 0 Å². The highest BCUT2D eigenvalue weighted by Gasteiger charge is 2.19. The molecule has 0 spiro atoms. The highest BCUT2D eigenvalue weighted by molar-refractivity contribution is 7.09. The molecular weight excluding hydrogens is 228 g/mol. The van der Waals surface area contributed by atoms with Gasteiger partial charge in [-0.2, -0.15) is 0 Å². The molecule has 0 aromatic carbocycles. The summed E-state index contributed by atoms with van der Waals surface area (Å²) in [6.07, 6.45) is 3.46. The Morgan fingerprint density at radius 1 is 1.41 bits per heavy atom. The molecule has 2 nitrogen and oxygen atoms in total. The van der Waals surface area contributed by atoms with Gasteiger partial charge in [-0.25, -0.2) is 4.98 Å². The molecule has 0 amide bonds. The van der Waals surface area contributed by atoms with Gasteiger partial charge in [-0.1, -0.05) is 27.7 Å². The van der Waals surface area contributed by atoms with Gasteiger partial charge in [-0.15, -0.1) is 11.3 Å². The highest BCUT2D eigenvalue weighted by atomic mass is 32.1. The molecule has 1 rings (SSSR count). The molecule has 1 aromatic heterocycles. The lowest BCUT2D eigenvalue weighted by atomic mass is 9.87. The largest absolute Gasteiger partial charge is 0.314 e. The van der Waals surface area contributed by atoms with Crippen molar-refractivity contribution in [3.8, 4) is 0 Å². The van der Waals surface area contributed by atoms with Crippen LogP contribution >= 0.6 is 11.3 Å². The van der Waals surface area contributed by atoms with Gasteiger partial charge in [0.25, 0.3) is 0 Å². The summed E-state index contributed by atoms with van der Waals surface area (Å²) in [4.78, 5) is 4.57. The number of aryl methyl sites for hydroxylation is 1. The molecule has 0 aliphatic heterocycles. The van der Waals surface area contributed by atoms with Crippen molar-refractivity contribution in [2.75, 3.05) is 6.54 Å². The van der Waals surface area contributed by atoms with Crippen LogP contribution in [0, 0.1) is 12.3 Å². The average Bonchev–Trinajstić information content (AvgIpc) is 2.58. The second-order valence-electron chi connectivity index (χ2n) is 6.00. The third-order valence-corrected chi connectivity index (χ3v) is 3.62. The minimum Gasteiger partial charge on any atom is -0.314 e. The first kappa shape index (κ1) is 14.7. The van der Waals surface area contributed by atoms with Gasteiger partial charge in [0.15, 0.2) is 0 Å². The number of aromatic nitrogens is 1. The van der Waals surface area contributed by atoms with Gasteiger partial charge < -0.3 is 5.32 Å². The van der Waals surface area contributed by atoms with Gasteiger partial charge >= 0.3 is 0 Å². The molecule has 0 aliphatic carbocycles. The maximum Gasteiger partial charge on any atom is 0.0943 e. The standard InChI is InChI=1S/C14H26N2S/c1-6-7-15-12(9-14(3,4)5)8-13-16-11(2)10-17-13/h10,12,15H,6-9H2,1-5H3. The number of nitrogens with one attached hydrogen (secondary N) is 1. The summed E-state index contributed by atoms with van der Waals surface area (Å²) in [5.41, 5.74) is 1.52. The Bertz CT molecular complexity index is 325. The lowest BCUT2D eigenvalue weighted by Crippen LogP contribution is -2.35. The number of hydrogen-bond acceptors (Lipinski definition) is 3. The third-order valence-electron chi connectivity index (χ3n) is 2.63. The van der Waals surface area contributed by atoms with Crippen LogP contribution in [0.1, 0.15) is 51.2 Å². The van der Waals surface area contributed by atoms with E-state index in [1.807, 2.05) is 0 Å². The van der Waals surface area contributed by atoms with E-state index in [1.165, 1.54) is 17.8 Å². The van der Waals surface area contributed by atoms with E-state index in [1.54, 1.807) is 11.3 Å². The van der Waals surface area contributed by atoms with Crippen LogP contribution < -0.4 is 5.32 Å². The lowest BCUT2D eigenvalue weighted by molar-refractivity contribution is 0.306. The molecule has 1 heterocycles. The molecule has 0 saturated heterocycles. The predicted octanol–water partition coefficient (Wildman–Crippen LogP) is 3.80. The van der Waals surface area contributed by atoms with Gasteiger partial charge in [-0.3, -0.25) is 0 Å². The van der Waals surface area contributed by atoms with Crippen molar-refractivity contribution < 1.29 is 0 Å². The fourth-order valence-electron chi connectivity index (χ4n) is 2.01. The summed E-state index contributed by atoms with van der Waals surface area (Å²) in [5.74, 6) is 0. The third kappa shape index (κ3) is 6.18. The number of hydrogen-bond donors (Lipinski definition) is 1. The van der Waals surface area contributed by atoms with Gasteiger partial charge in [-0.05, 0) is 31.7 Å². The monoisotopic (exact) mass is 254 g/mol. The van der Waals surface area contributed by atoms with Gasteiger partial charge in [0.05, 0.1) is 5.01 Å². The minimum absolute atomic E-state index is 0.373. The summed E-state index contributed by atoms with van der Waals surface area (Å²) in [7, 11) is 0. The molecule has 1 unspecified atom stereocenters. The van der Waals surface area contributed by atoms with Crippen molar-refractivity contribution in [3.63, 3.8) is 0 Å². The number of rotatable bonds is 6. The molecule has 3 heteroatoms. The van der Waals surface area contributed by atoms with Crippen LogP contribution in [-0.2, 0) is 6.42 Å². The van der Waals surface area contributed by atoms with Crippen LogP contribution in [0.3, 0.4) is 0 Å². The van der Waals surface area contributed by atoms with Crippen LogP contribution in [0.25, 0.3) is 0 Å². The Hall–Kier alpha value is -0.410.